The summed E-state index contributed by atoms with van der Waals surface area (Å²) >= 11 is 0. The maximum atomic E-state index is 11.7. The number of nitrogens with one attached hydrogen (secondary N) is 1. The van der Waals surface area contributed by atoms with Gasteiger partial charge in [0.2, 0.25) is 11.8 Å². The van der Waals surface area contributed by atoms with Crippen LogP contribution in [0.2, 0.25) is 0 Å². The van der Waals surface area contributed by atoms with Crippen LogP contribution in [0, 0.1) is 37.0 Å². The zero-order valence-electron chi connectivity index (χ0n) is 22.5. The molecule has 3 aromatic rings. The molecule has 1 saturated heterocycles. The summed E-state index contributed by atoms with van der Waals surface area (Å²) < 4.78 is 11.2. The average molecular weight is 522 g/mol. The largest absolute Gasteiger partial charge is 0.465 e. The molecule has 1 aromatic heterocycles. The lowest BCUT2D eigenvalue weighted by molar-refractivity contribution is -0.144. The Balaban J connectivity index is 1.37. The first kappa shape index (κ1) is 27.4. The molecule has 8 heteroatoms. The van der Waals surface area contributed by atoms with Gasteiger partial charge >= 0.3 is 5.97 Å². The van der Waals surface area contributed by atoms with Crippen molar-refractivity contribution in [3.05, 3.63) is 82.6 Å². The van der Waals surface area contributed by atoms with Crippen molar-refractivity contribution >= 4 is 17.6 Å². The zero-order chi connectivity index (χ0) is 27.6. The Bertz CT molecular complexity index is 1430. The van der Waals surface area contributed by atoms with Crippen molar-refractivity contribution in [1.29, 1.82) is 5.26 Å². The van der Waals surface area contributed by atoms with Crippen LogP contribution in [0.25, 0.3) is 0 Å². The smallest absolute Gasteiger partial charge is 0.320 e. The van der Waals surface area contributed by atoms with Crippen molar-refractivity contribution < 1.29 is 14.3 Å². The number of likely N-dealkylation sites (tertiary alicyclic amines) is 1. The van der Waals surface area contributed by atoms with Gasteiger partial charge in [-0.3, -0.25) is 9.69 Å². The van der Waals surface area contributed by atoms with Crippen LogP contribution in [0.4, 0.5) is 11.6 Å². The molecule has 8 nitrogen and oxygen atoms in total. The van der Waals surface area contributed by atoms with Gasteiger partial charge in [0.05, 0.1) is 24.8 Å². The van der Waals surface area contributed by atoms with Crippen molar-refractivity contribution in [1.82, 2.24) is 14.9 Å². The van der Waals surface area contributed by atoms with E-state index in [4.69, 9.17) is 14.7 Å². The van der Waals surface area contributed by atoms with Gasteiger partial charge in [0.15, 0.2) is 0 Å². The third-order valence-corrected chi connectivity index (χ3v) is 6.22. The van der Waals surface area contributed by atoms with Crippen molar-refractivity contribution in [2.75, 3.05) is 31.6 Å². The maximum absolute atomic E-state index is 11.7. The van der Waals surface area contributed by atoms with Crippen LogP contribution in [0.15, 0.2) is 60.3 Å². The van der Waals surface area contributed by atoms with Gasteiger partial charge in [-0.1, -0.05) is 17.4 Å². The molecule has 0 unspecified atom stereocenters. The summed E-state index contributed by atoms with van der Waals surface area (Å²) in [4.78, 5) is 22.5. The molecule has 0 radical (unpaired) electrons. The summed E-state index contributed by atoms with van der Waals surface area (Å²) in [5, 5.41) is 12.1. The Kier molecular flexibility index (Phi) is 9.29. The molecule has 1 N–H and O–H groups in total. The molecular formula is C31H31N5O3. The Morgan fingerprint density at radius 3 is 2.49 bits per heavy atom. The van der Waals surface area contributed by atoms with Crippen molar-refractivity contribution in [2.45, 2.75) is 33.6 Å². The minimum atomic E-state index is -0.164. The number of rotatable bonds is 7. The van der Waals surface area contributed by atoms with Gasteiger partial charge < -0.3 is 14.8 Å². The first-order valence-corrected chi connectivity index (χ1v) is 12.9. The van der Waals surface area contributed by atoms with E-state index in [0.29, 0.717) is 30.5 Å². The second-order valence-corrected chi connectivity index (χ2v) is 9.23. The van der Waals surface area contributed by atoms with Crippen LogP contribution in [-0.2, 0) is 9.53 Å². The standard InChI is InChI=1S/C31H31N5O3/c1-4-38-29(37)21-36-16-13-24(14-17-36)6-5-7-26-18-22(2)30(23(3)19-26)39-28-12-15-33-31(35-28)34-27-10-8-25(20-32)9-11-27/h6,8-12,15,18-19H,4,13-14,16-17,21H2,1-3H3,(H,33,34,35). The molecule has 0 bridgehead atoms. The number of anilines is 2. The number of aryl methyl sites for hydroxylation is 2. The highest BCUT2D eigenvalue weighted by molar-refractivity contribution is 5.71. The fraction of sp³-hybridized carbons (Fsp3) is 0.290. The fourth-order valence-electron chi connectivity index (χ4n) is 4.26. The van der Waals surface area contributed by atoms with Crippen molar-refractivity contribution in [3.8, 4) is 29.5 Å². The Hall–Kier alpha value is -4.66. The molecule has 0 atom stereocenters. The van der Waals surface area contributed by atoms with Crippen LogP contribution in [0.3, 0.4) is 0 Å². The van der Waals surface area contributed by atoms with E-state index in [0.717, 1.165) is 54.1 Å². The van der Waals surface area contributed by atoms with Crippen LogP contribution in [-0.4, -0.2) is 47.1 Å². The third-order valence-electron chi connectivity index (χ3n) is 6.22. The predicted molar refractivity (Wildman–Crippen MR) is 150 cm³/mol. The third kappa shape index (κ3) is 7.91. The van der Waals surface area contributed by atoms with Gasteiger partial charge in [-0.2, -0.15) is 10.2 Å². The highest BCUT2D eigenvalue weighted by Gasteiger charge is 2.16. The highest BCUT2D eigenvalue weighted by atomic mass is 16.5. The number of carbonyl (C=O) groups is 1. The summed E-state index contributed by atoms with van der Waals surface area (Å²) in [5.74, 6) is 7.83. The van der Waals surface area contributed by atoms with Crippen LogP contribution in [0.1, 0.15) is 42.0 Å². The minimum Gasteiger partial charge on any atom is -0.465 e. The van der Waals surface area contributed by atoms with Crippen molar-refractivity contribution in [2.24, 2.45) is 0 Å². The fourth-order valence-corrected chi connectivity index (χ4v) is 4.26. The number of nitriles is 1. The van der Waals surface area contributed by atoms with E-state index < -0.39 is 0 Å². The molecule has 0 saturated carbocycles. The molecule has 0 amide bonds. The molecule has 1 fully saturated rings. The number of aromatic nitrogens is 2. The molecule has 1 aliphatic heterocycles. The van der Waals surface area contributed by atoms with E-state index in [1.165, 1.54) is 5.57 Å². The second-order valence-electron chi connectivity index (χ2n) is 9.23. The van der Waals surface area contributed by atoms with Crippen LogP contribution >= 0.6 is 0 Å². The molecule has 1 aliphatic rings. The summed E-state index contributed by atoms with van der Waals surface area (Å²) in [6.07, 6.45) is 5.44. The van der Waals surface area contributed by atoms with Crippen molar-refractivity contribution in [3.63, 3.8) is 0 Å². The first-order chi connectivity index (χ1) is 18.9. The van der Waals surface area contributed by atoms with E-state index in [-0.39, 0.29) is 5.97 Å². The van der Waals surface area contributed by atoms with Crippen LogP contribution < -0.4 is 10.1 Å². The number of hydrogen-bond acceptors (Lipinski definition) is 8. The Morgan fingerprint density at radius 1 is 1.10 bits per heavy atom. The normalized spacial score (nSPS) is 13.0. The molecule has 2 heterocycles. The summed E-state index contributed by atoms with van der Waals surface area (Å²) in [6, 6.07) is 14.9. The average Bonchev–Trinajstić information content (AvgIpc) is 2.92. The number of allylic oxidation sites excluding steroid dienone is 1. The molecule has 4 rings (SSSR count). The number of carbonyl (C=O) groups excluding carboxylic acids is 1. The quantitative estimate of drug-likeness (QED) is 0.324. The number of nitrogens with zero attached hydrogens (tertiary/aromatic N) is 4. The number of ether oxygens (including phenoxy) is 2. The minimum absolute atomic E-state index is 0.164. The van der Waals surface area contributed by atoms with Gasteiger partial charge in [0.1, 0.15) is 5.75 Å². The van der Waals surface area contributed by atoms with E-state index in [2.05, 4.69) is 38.1 Å². The number of piperidine rings is 1. The number of benzene rings is 2. The summed E-state index contributed by atoms with van der Waals surface area (Å²) in [5.41, 5.74) is 5.49. The second kappa shape index (κ2) is 13.2. The van der Waals surface area contributed by atoms with Gasteiger partial charge in [-0.05, 0) is 87.2 Å². The first-order valence-electron chi connectivity index (χ1n) is 12.9. The predicted octanol–water partition coefficient (Wildman–Crippen LogP) is 5.44. The van der Waals surface area contributed by atoms with Crippen LogP contribution in [0.5, 0.6) is 11.6 Å². The number of hydrogen-bond donors (Lipinski definition) is 1. The topological polar surface area (TPSA) is 100 Å². The van der Waals surface area contributed by atoms with Gasteiger partial charge in [0, 0.05) is 36.6 Å². The van der Waals surface area contributed by atoms with E-state index in [1.807, 2.05) is 39.0 Å². The lowest BCUT2D eigenvalue weighted by atomic mass is 10.0. The highest BCUT2D eigenvalue weighted by Crippen LogP contribution is 2.29. The lowest BCUT2D eigenvalue weighted by Crippen LogP contribution is -2.35. The molecule has 0 spiro atoms. The van der Waals surface area contributed by atoms with Gasteiger partial charge in [-0.15, -0.1) is 0 Å². The monoisotopic (exact) mass is 521 g/mol. The molecule has 2 aromatic carbocycles. The molecule has 0 aliphatic carbocycles. The molecular weight excluding hydrogens is 490 g/mol. The number of esters is 1. The van der Waals surface area contributed by atoms with E-state index in [9.17, 15) is 4.79 Å². The maximum Gasteiger partial charge on any atom is 0.320 e. The van der Waals surface area contributed by atoms with E-state index in [1.54, 1.807) is 36.5 Å². The van der Waals surface area contributed by atoms with Gasteiger partial charge in [0.25, 0.3) is 0 Å². The SMILES string of the molecule is CCOC(=O)CN1CCC(=CC#Cc2cc(C)c(Oc3ccnc(Nc4ccc(C#N)cc4)n3)c(C)c2)CC1. The lowest BCUT2D eigenvalue weighted by Gasteiger charge is -2.26. The zero-order valence-corrected chi connectivity index (χ0v) is 22.5. The molecule has 198 valence electrons. The Labute approximate surface area is 229 Å². The van der Waals surface area contributed by atoms with Gasteiger partial charge in [-0.25, -0.2) is 4.98 Å². The van der Waals surface area contributed by atoms with E-state index >= 15 is 0 Å². The Morgan fingerprint density at radius 2 is 1.82 bits per heavy atom. The molecule has 39 heavy (non-hydrogen) atoms. The summed E-state index contributed by atoms with van der Waals surface area (Å²) in [6.45, 7) is 8.24. The summed E-state index contributed by atoms with van der Waals surface area (Å²) in [7, 11) is 0.